The van der Waals surface area contributed by atoms with Gasteiger partial charge in [0.05, 0.1) is 5.56 Å². The van der Waals surface area contributed by atoms with Gasteiger partial charge in [0.25, 0.3) is 0 Å². The Hall–Kier alpha value is -1.33. The second-order valence-corrected chi connectivity index (χ2v) is 4.56. The molecule has 0 saturated carbocycles. The van der Waals surface area contributed by atoms with Gasteiger partial charge in [0.15, 0.2) is 0 Å². The standard InChI is InChI=1S/C13H8BrF3O/c14-9-6-7(15)4-5-8(9)13(18)12-10(16)2-1-3-11(12)17/h1-6,13,18H. The predicted molar refractivity (Wildman–Crippen MR) is 64.5 cm³/mol. The molecular weight excluding hydrogens is 309 g/mol. The fourth-order valence-electron chi connectivity index (χ4n) is 1.65. The summed E-state index contributed by atoms with van der Waals surface area (Å²) in [6.07, 6.45) is -1.50. The third-order valence-corrected chi connectivity index (χ3v) is 3.22. The van der Waals surface area contributed by atoms with Crippen LogP contribution in [0.25, 0.3) is 0 Å². The smallest absolute Gasteiger partial charge is 0.132 e. The van der Waals surface area contributed by atoms with Gasteiger partial charge in [0, 0.05) is 4.47 Å². The Morgan fingerprint density at radius 1 is 1.00 bits per heavy atom. The van der Waals surface area contributed by atoms with Crippen LogP contribution in [0.1, 0.15) is 17.2 Å². The van der Waals surface area contributed by atoms with E-state index in [1.807, 2.05) is 0 Å². The quantitative estimate of drug-likeness (QED) is 0.889. The van der Waals surface area contributed by atoms with Crippen LogP contribution in [0.5, 0.6) is 0 Å². The molecule has 0 saturated heterocycles. The Morgan fingerprint density at radius 3 is 2.17 bits per heavy atom. The molecule has 1 nitrogen and oxygen atoms in total. The summed E-state index contributed by atoms with van der Waals surface area (Å²) in [6, 6.07) is 6.83. The summed E-state index contributed by atoms with van der Waals surface area (Å²) in [7, 11) is 0. The molecule has 0 bridgehead atoms. The maximum Gasteiger partial charge on any atom is 0.132 e. The Balaban J connectivity index is 2.51. The highest BCUT2D eigenvalue weighted by Crippen LogP contribution is 2.31. The summed E-state index contributed by atoms with van der Waals surface area (Å²) in [4.78, 5) is 0. The molecule has 1 unspecified atom stereocenters. The molecule has 0 aromatic heterocycles. The Morgan fingerprint density at radius 2 is 1.61 bits per heavy atom. The van der Waals surface area contributed by atoms with Crippen molar-refractivity contribution in [2.24, 2.45) is 0 Å². The largest absolute Gasteiger partial charge is 0.383 e. The van der Waals surface area contributed by atoms with Crippen LogP contribution in [-0.2, 0) is 0 Å². The molecule has 0 heterocycles. The van der Waals surface area contributed by atoms with E-state index in [1.165, 1.54) is 12.1 Å². The van der Waals surface area contributed by atoms with E-state index in [0.717, 1.165) is 24.3 Å². The molecule has 2 aromatic rings. The van der Waals surface area contributed by atoms with Crippen LogP contribution < -0.4 is 0 Å². The summed E-state index contributed by atoms with van der Waals surface area (Å²) in [5, 5.41) is 9.99. The van der Waals surface area contributed by atoms with Crippen molar-refractivity contribution >= 4 is 15.9 Å². The molecule has 0 aliphatic rings. The molecule has 94 valence electrons. The van der Waals surface area contributed by atoms with E-state index in [1.54, 1.807) is 0 Å². The second kappa shape index (κ2) is 5.12. The number of halogens is 4. The first kappa shape index (κ1) is 13.1. The van der Waals surface area contributed by atoms with Crippen LogP contribution in [0.2, 0.25) is 0 Å². The highest BCUT2D eigenvalue weighted by molar-refractivity contribution is 9.10. The summed E-state index contributed by atoms with van der Waals surface area (Å²) in [6.45, 7) is 0. The summed E-state index contributed by atoms with van der Waals surface area (Å²) in [5.74, 6) is -2.20. The normalized spacial score (nSPS) is 12.5. The number of hydrogen-bond acceptors (Lipinski definition) is 1. The lowest BCUT2D eigenvalue weighted by atomic mass is 10.0. The van der Waals surface area contributed by atoms with Gasteiger partial charge in [-0.1, -0.05) is 28.1 Å². The van der Waals surface area contributed by atoms with Gasteiger partial charge in [-0.15, -0.1) is 0 Å². The molecule has 1 atom stereocenters. The molecule has 0 aliphatic carbocycles. The molecular formula is C13H8BrF3O. The third-order valence-electron chi connectivity index (χ3n) is 2.53. The Labute approximate surface area is 110 Å². The molecule has 0 radical (unpaired) electrons. The first-order valence-electron chi connectivity index (χ1n) is 5.07. The lowest BCUT2D eigenvalue weighted by Crippen LogP contribution is -2.06. The number of benzene rings is 2. The maximum absolute atomic E-state index is 13.5. The minimum absolute atomic E-state index is 0.195. The molecule has 0 spiro atoms. The summed E-state index contributed by atoms with van der Waals surface area (Å²) >= 11 is 3.05. The zero-order chi connectivity index (χ0) is 13.3. The molecule has 0 amide bonds. The molecule has 1 N–H and O–H groups in total. The van der Waals surface area contributed by atoms with Gasteiger partial charge < -0.3 is 5.11 Å². The Bertz CT molecular complexity index is 566. The average molecular weight is 317 g/mol. The van der Waals surface area contributed by atoms with Crippen molar-refractivity contribution in [3.8, 4) is 0 Å². The topological polar surface area (TPSA) is 20.2 Å². The van der Waals surface area contributed by atoms with Crippen molar-refractivity contribution in [3.63, 3.8) is 0 Å². The first-order chi connectivity index (χ1) is 8.50. The van der Waals surface area contributed by atoms with E-state index >= 15 is 0 Å². The monoisotopic (exact) mass is 316 g/mol. The summed E-state index contributed by atoms with van der Waals surface area (Å²) in [5.41, 5.74) is -0.259. The van der Waals surface area contributed by atoms with Crippen LogP contribution in [0, 0.1) is 17.5 Å². The molecule has 0 aliphatic heterocycles. The maximum atomic E-state index is 13.5. The highest BCUT2D eigenvalue weighted by Gasteiger charge is 2.21. The molecule has 2 rings (SSSR count). The van der Waals surface area contributed by atoms with Gasteiger partial charge in [-0.05, 0) is 29.8 Å². The van der Waals surface area contributed by atoms with Gasteiger partial charge in [0.1, 0.15) is 23.6 Å². The second-order valence-electron chi connectivity index (χ2n) is 3.70. The first-order valence-corrected chi connectivity index (χ1v) is 5.87. The molecule has 18 heavy (non-hydrogen) atoms. The fraction of sp³-hybridized carbons (Fsp3) is 0.0769. The third kappa shape index (κ3) is 2.42. The van der Waals surface area contributed by atoms with E-state index in [0.29, 0.717) is 0 Å². The molecule has 2 aromatic carbocycles. The van der Waals surface area contributed by atoms with Crippen LogP contribution in [0.15, 0.2) is 40.9 Å². The van der Waals surface area contributed by atoms with Crippen LogP contribution >= 0.6 is 15.9 Å². The zero-order valence-corrected chi connectivity index (χ0v) is 10.6. The van der Waals surface area contributed by atoms with E-state index in [-0.39, 0.29) is 10.0 Å². The minimum Gasteiger partial charge on any atom is -0.383 e. The van der Waals surface area contributed by atoms with Crippen molar-refractivity contribution in [1.82, 2.24) is 0 Å². The molecule has 5 heteroatoms. The zero-order valence-electron chi connectivity index (χ0n) is 9.00. The highest BCUT2D eigenvalue weighted by atomic mass is 79.9. The van der Waals surface area contributed by atoms with Gasteiger partial charge in [0.2, 0.25) is 0 Å². The van der Waals surface area contributed by atoms with Gasteiger partial charge in [-0.3, -0.25) is 0 Å². The van der Waals surface area contributed by atoms with Crippen LogP contribution in [0.4, 0.5) is 13.2 Å². The SMILES string of the molecule is OC(c1ccc(F)cc1Br)c1c(F)cccc1F. The van der Waals surface area contributed by atoms with Crippen molar-refractivity contribution < 1.29 is 18.3 Å². The van der Waals surface area contributed by atoms with E-state index in [4.69, 9.17) is 0 Å². The minimum atomic E-state index is -1.50. The van der Waals surface area contributed by atoms with Crippen molar-refractivity contribution in [3.05, 3.63) is 69.4 Å². The van der Waals surface area contributed by atoms with E-state index in [9.17, 15) is 18.3 Å². The average Bonchev–Trinajstić information content (AvgIpc) is 2.28. The van der Waals surface area contributed by atoms with Gasteiger partial charge in [-0.25, -0.2) is 13.2 Å². The number of rotatable bonds is 2. The lowest BCUT2D eigenvalue weighted by Gasteiger charge is -2.14. The van der Waals surface area contributed by atoms with E-state index in [2.05, 4.69) is 15.9 Å². The lowest BCUT2D eigenvalue weighted by molar-refractivity contribution is 0.208. The van der Waals surface area contributed by atoms with Crippen molar-refractivity contribution in [2.75, 3.05) is 0 Å². The number of aliphatic hydroxyl groups excluding tert-OH is 1. The number of aliphatic hydroxyl groups is 1. The fourth-order valence-corrected chi connectivity index (χ4v) is 2.22. The Kier molecular flexibility index (Phi) is 3.73. The predicted octanol–water partition coefficient (Wildman–Crippen LogP) is 3.95. The summed E-state index contributed by atoms with van der Waals surface area (Å²) < 4.78 is 40.2. The van der Waals surface area contributed by atoms with Gasteiger partial charge in [-0.2, -0.15) is 0 Å². The van der Waals surface area contributed by atoms with Crippen molar-refractivity contribution in [2.45, 2.75) is 6.10 Å². The van der Waals surface area contributed by atoms with E-state index < -0.39 is 29.1 Å². The molecule has 0 fully saturated rings. The van der Waals surface area contributed by atoms with Crippen LogP contribution in [-0.4, -0.2) is 5.11 Å². The van der Waals surface area contributed by atoms with Crippen molar-refractivity contribution in [1.29, 1.82) is 0 Å². The van der Waals surface area contributed by atoms with Gasteiger partial charge >= 0.3 is 0 Å². The number of hydrogen-bond donors (Lipinski definition) is 1. The van der Waals surface area contributed by atoms with Crippen LogP contribution in [0.3, 0.4) is 0 Å².